The molecule has 1 amide bonds. The van der Waals surface area contributed by atoms with Crippen LogP contribution in [0.4, 0.5) is 5.69 Å². The molecule has 1 atom stereocenters. The number of carbonyl (C=O) groups excluding carboxylic acids is 1. The lowest BCUT2D eigenvalue weighted by Gasteiger charge is -2.39. The van der Waals surface area contributed by atoms with Crippen LogP contribution in [0.3, 0.4) is 0 Å². The molecular weight excluding hydrogens is 334 g/mol. The Bertz CT molecular complexity index is 660. The predicted molar refractivity (Wildman–Crippen MR) is 97.6 cm³/mol. The van der Waals surface area contributed by atoms with Gasteiger partial charge in [-0.15, -0.1) is 0 Å². The number of anilines is 1. The van der Waals surface area contributed by atoms with Crippen LogP contribution in [0.15, 0.2) is 18.2 Å². The number of nitrogens with zero attached hydrogens (tertiary/aromatic N) is 3. The third-order valence-corrected chi connectivity index (χ3v) is 5.68. The third kappa shape index (κ3) is 3.59. The summed E-state index contributed by atoms with van der Waals surface area (Å²) in [6.07, 6.45) is 1.65. The van der Waals surface area contributed by atoms with Crippen LogP contribution in [0.1, 0.15) is 19.8 Å². The van der Waals surface area contributed by atoms with Crippen LogP contribution < -0.4 is 14.4 Å². The van der Waals surface area contributed by atoms with Gasteiger partial charge in [-0.3, -0.25) is 9.69 Å². The first-order valence-electron chi connectivity index (χ1n) is 9.42. The second-order valence-electron chi connectivity index (χ2n) is 7.37. The van der Waals surface area contributed by atoms with Crippen LogP contribution in [0.5, 0.6) is 11.5 Å². The second-order valence-corrected chi connectivity index (χ2v) is 7.37. The van der Waals surface area contributed by atoms with E-state index in [0.29, 0.717) is 32.5 Å². The molecule has 2 saturated heterocycles. The van der Waals surface area contributed by atoms with Crippen molar-refractivity contribution in [1.82, 2.24) is 9.80 Å². The van der Waals surface area contributed by atoms with Crippen LogP contribution in [0.2, 0.25) is 0 Å². The minimum Gasteiger partial charge on any atom is -0.454 e. The van der Waals surface area contributed by atoms with Crippen LogP contribution in [0.25, 0.3) is 0 Å². The first kappa shape index (κ1) is 17.4. The average Bonchev–Trinajstić information content (AvgIpc) is 3.02. The van der Waals surface area contributed by atoms with Gasteiger partial charge in [0.15, 0.2) is 11.5 Å². The highest BCUT2D eigenvalue weighted by molar-refractivity contribution is 5.73. The molecule has 7 heteroatoms. The summed E-state index contributed by atoms with van der Waals surface area (Å²) in [4.78, 5) is 18.1. The van der Waals surface area contributed by atoms with Gasteiger partial charge in [-0.1, -0.05) is 0 Å². The van der Waals surface area contributed by atoms with E-state index in [0.717, 1.165) is 44.0 Å². The first-order chi connectivity index (χ1) is 12.6. The number of ether oxygens (including phenoxy) is 2. The maximum absolute atomic E-state index is 11.6. The van der Waals surface area contributed by atoms with Crippen molar-refractivity contribution in [2.75, 3.05) is 51.0 Å². The summed E-state index contributed by atoms with van der Waals surface area (Å²) in [7, 11) is 0. The Morgan fingerprint density at radius 2 is 1.85 bits per heavy atom. The normalized spacial score (nSPS) is 24.6. The lowest BCUT2D eigenvalue weighted by molar-refractivity contribution is -0.129. The smallest absolute Gasteiger partial charge is 0.231 e. The Kier molecular flexibility index (Phi) is 4.91. The van der Waals surface area contributed by atoms with Crippen LogP contribution in [-0.2, 0) is 4.79 Å². The van der Waals surface area contributed by atoms with E-state index in [9.17, 15) is 9.90 Å². The molecular formula is C19H27N3O4. The van der Waals surface area contributed by atoms with Crippen molar-refractivity contribution in [2.24, 2.45) is 0 Å². The minimum atomic E-state index is -0.465. The number of benzene rings is 1. The zero-order valence-electron chi connectivity index (χ0n) is 15.3. The summed E-state index contributed by atoms with van der Waals surface area (Å²) >= 11 is 0. The average molecular weight is 361 g/mol. The fourth-order valence-electron chi connectivity index (χ4n) is 4.20. The molecule has 0 spiro atoms. The standard InChI is InChI=1S/C19H27N3O4/c1-14(23)21-8-9-22(12-17(24)11-21)15-4-6-20(7-5-15)16-2-3-18-19(10-16)26-13-25-18/h2-3,10,15,17,24H,4-9,11-13H2,1H3/t17-/m0/s1. The lowest BCUT2D eigenvalue weighted by atomic mass is 10.0. The third-order valence-electron chi connectivity index (χ3n) is 5.68. The van der Waals surface area contributed by atoms with Crippen molar-refractivity contribution in [3.05, 3.63) is 18.2 Å². The molecule has 0 aromatic heterocycles. The van der Waals surface area contributed by atoms with Crippen molar-refractivity contribution >= 4 is 11.6 Å². The van der Waals surface area contributed by atoms with Gasteiger partial charge in [0.25, 0.3) is 0 Å². The van der Waals surface area contributed by atoms with Crippen molar-refractivity contribution in [3.63, 3.8) is 0 Å². The Morgan fingerprint density at radius 1 is 1.08 bits per heavy atom. The molecule has 3 heterocycles. The Labute approximate surface area is 154 Å². The summed E-state index contributed by atoms with van der Waals surface area (Å²) in [6, 6.07) is 6.59. The van der Waals surface area contributed by atoms with E-state index in [-0.39, 0.29) is 5.91 Å². The number of piperidine rings is 1. The van der Waals surface area contributed by atoms with Crippen molar-refractivity contribution < 1.29 is 19.4 Å². The Hall–Kier alpha value is -1.99. The predicted octanol–water partition coefficient (Wildman–Crippen LogP) is 0.909. The van der Waals surface area contributed by atoms with Crippen molar-refractivity contribution in [1.29, 1.82) is 0 Å². The topological polar surface area (TPSA) is 65.5 Å². The number of hydrogen-bond donors (Lipinski definition) is 1. The number of aliphatic hydroxyl groups excluding tert-OH is 1. The van der Waals surface area contributed by atoms with Gasteiger partial charge in [0.05, 0.1) is 6.10 Å². The number of rotatable bonds is 2. The van der Waals surface area contributed by atoms with Crippen LogP contribution in [-0.4, -0.2) is 79.0 Å². The molecule has 0 aliphatic carbocycles. The van der Waals surface area contributed by atoms with Gasteiger partial charge in [-0.2, -0.15) is 0 Å². The summed E-state index contributed by atoms with van der Waals surface area (Å²) in [6.45, 7) is 6.47. The zero-order chi connectivity index (χ0) is 18.1. The Balaban J connectivity index is 1.35. The highest BCUT2D eigenvalue weighted by Gasteiger charge is 2.30. The monoisotopic (exact) mass is 361 g/mol. The SMILES string of the molecule is CC(=O)N1CCN(C2CCN(c3ccc4c(c3)OCO4)CC2)C[C@@H](O)C1. The molecule has 142 valence electrons. The second kappa shape index (κ2) is 7.32. The lowest BCUT2D eigenvalue weighted by Crippen LogP contribution is -2.47. The Morgan fingerprint density at radius 3 is 2.62 bits per heavy atom. The van der Waals surface area contributed by atoms with E-state index >= 15 is 0 Å². The quantitative estimate of drug-likeness (QED) is 0.845. The van der Waals surface area contributed by atoms with Gasteiger partial charge in [0, 0.05) is 64.0 Å². The van der Waals surface area contributed by atoms with Gasteiger partial charge in [0.1, 0.15) is 0 Å². The number of fused-ring (bicyclic) bond motifs is 1. The molecule has 3 aliphatic heterocycles. The fourth-order valence-corrected chi connectivity index (χ4v) is 4.20. The maximum atomic E-state index is 11.6. The zero-order valence-corrected chi connectivity index (χ0v) is 15.3. The molecule has 1 aromatic rings. The molecule has 0 radical (unpaired) electrons. The highest BCUT2D eigenvalue weighted by atomic mass is 16.7. The van der Waals surface area contributed by atoms with E-state index in [2.05, 4.69) is 21.9 Å². The number of β-amino-alcohol motifs (C(OH)–C–C–N with tert-alkyl or cyclic N) is 1. The maximum Gasteiger partial charge on any atom is 0.231 e. The van der Waals surface area contributed by atoms with Crippen molar-refractivity contribution in [3.8, 4) is 11.5 Å². The molecule has 7 nitrogen and oxygen atoms in total. The highest BCUT2D eigenvalue weighted by Crippen LogP contribution is 2.36. The summed E-state index contributed by atoms with van der Waals surface area (Å²) < 4.78 is 10.9. The number of amides is 1. The molecule has 0 unspecified atom stereocenters. The molecule has 1 N–H and O–H groups in total. The van der Waals surface area contributed by atoms with E-state index < -0.39 is 6.10 Å². The molecule has 2 fully saturated rings. The minimum absolute atomic E-state index is 0.0449. The number of carbonyl (C=O) groups is 1. The summed E-state index contributed by atoms with van der Waals surface area (Å²) in [5, 5.41) is 10.3. The van der Waals surface area contributed by atoms with Gasteiger partial charge in [0.2, 0.25) is 12.7 Å². The van der Waals surface area contributed by atoms with E-state index in [1.807, 2.05) is 6.07 Å². The number of hydrogen-bond acceptors (Lipinski definition) is 6. The molecule has 0 bridgehead atoms. The van der Waals surface area contributed by atoms with E-state index in [1.54, 1.807) is 11.8 Å². The molecule has 26 heavy (non-hydrogen) atoms. The van der Waals surface area contributed by atoms with E-state index in [4.69, 9.17) is 9.47 Å². The van der Waals surface area contributed by atoms with Gasteiger partial charge in [-0.25, -0.2) is 0 Å². The summed E-state index contributed by atoms with van der Waals surface area (Å²) in [5.74, 6) is 1.69. The van der Waals surface area contributed by atoms with Gasteiger partial charge >= 0.3 is 0 Å². The fraction of sp³-hybridized carbons (Fsp3) is 0.632. The van der Waals surface area contributed by atoms with Crippen molar-refractivity contribution in [2.45, 2.75) is 31.9 Å². The summed E-state index contributed by atoms with van der Waals surface area (Å²) in [5.41, 5.74) is 1.17. The van der Waals surface area contributed by atoms with Gasteiger partial charge in [-0.05, 0) is 25.0 Å². The molecule has 0 saturated carbocycles. The molecule has 3 aliphatic rings. The molecule has 4 rings (SSSR count). The molecule has 1 aromatic carbocycles. The van der Waals surface area contributed by atoms with Gasteiger partial charge < -0.3 is 24.4 Å². The largest absolute Gasteiger partial charge is 0.454 e. The van der Waals surface area contributed by atoms with E-state index in [1.165, 1.54) is 5.69 Å². The first-order valence-corrected chi connectivity index (χ1v) is 9.42. The van der Waals surface area contributed by atoms with Crippen LogP contribution in [0, 0.1) is 0 Å². The van der Waals surface area contributed by atoms with Crippen LogP contribution >= 0.6 is 0 Å². The number of aliphatic hydroxyl groups is 1.